The Morgan fingerprint density at radius 3 is 2.78 bits per heavy atom. The molecule has 3 rings (SSSR count). The van der Waals surface area contributed by atoms with Crippen molar-refractivity contribution in [1.29, 1.82) is 0 Å². The van der Waals surface area contributed by atoms with E-state index in [0.29, 0.717) is 11.8 Å². The maximum absolute atomic E-state index is 12.6. The van der Waals surface area contributed by atoms with E-state index >= 15 is 0 Å². The SMILES string of the molecule is COc1ccc(/C=C/C(=O)N2CCC3CCCCC32)c(OC)c1. The van der Waals surface area contributed by atoms with E-state index in [9.17, 15) is 4.79 Å². The Bertz CT molecular complexity index is 596. The van der Waals surface area contributed by atoms with E-state index in [0.717, 1.165) is 36.6 Å². The number of hydrogen-bond donors (Lipinski definition) is 0. The van der Waals surface area contributed by atoms with Crippen LogP contribution >= 0.6 is 0 Å². The molecule has 1 aromatic carbocycles. The van der Waals surface area contributed by atoms with E-state index in [1.807, 2.05) is 24.3 Å². The Morgan fingerprint density at radius 1 is 1.17 bits per heavy atom. The van der Waals surface area contributed by atoms with Crippen LogP contribution in [0.5, 0.6) is 11.5 Å². The zero-order valence-corrected chi connectivity index (χ0v) is 14.0. The minimum atomic E-state index is 0.122. The lowest BCUT2D eigenvalue weighted by Crippen LogP contribution is -2.38. The summed E-state index contributed by atoms with van der Waals surface area (Å²) in [6.45, 7) is 0.901. The van der Waals surface area contributed by atoms with Crippen LogP contribution in [-0.2, 0) is 4.79 Å². The molecule has 0 N–H and O–H groups in total. The van der Waals surface area contributed by atoms with Gasteiger partial charge in [0.25, 0.3) is 0 Å². The molecule has 2 atom stereocenters. The third-order valence-electron chi connectivity index (χ3n) is 5.14. The van der Waals surface area contributed by atoms with Crippen molar-refractivity contribution in [2.75, 3.05) is 20.8 Å². The van der Waals surface area contributed by atoms with Crippen LogP contribution in [0.4, 0.5) is 0 Å². The minimum Gasteiger partial charge on any atom is -0.497 e. The van der Waals surface area contributed by atoms with Gasteiger partial charge in [0.05, 0.1) is 14.2 Å². The topological polar surface area (TPSA) is 38.8 Å². The second-order valence-electron chi connectivity index (χ2n) is 6.37. The monoisotopic (exact) mass is 315 g/mol. The molecule has 1 heterocycles. The van der Waals surface area contributed by atoms with Crippen LogP contribution in [0.25, 0.3) is 6.08 Å². The third-order valence-corrected chi connectivity index (χ3v) is 5.14. The molecule has 1 aliphatic carbocycles. The zero-order valence-electron chi connectivity index (χ0n) is 14.0. The average molecular weight is 315 g/mol. The van der Waals surface area contributed by atoms with E-state index in [1.54, 1.807) is 20.3 Å². The quantitative estimate of drug-likeness (QED) is 0.798. The number of likely N-dealkylation sites (tertiary alicyclic amines) is 1. The van der Waals surface area contributed by atoms with Gasteiger partial charge in [0.2, 0.25) is 5.91 Å². The summed E-state index contributed by atoms with van der Waals surface area (Å²) < 4.78 is 10.6. The van der Waals surface area contributed by atoms with Crippen LogP contribution in [0.3, 0.4) is 0 Å². The highest BCUT2D eigenvalue weighted by Gasteiger charge is 2.37. The van der Waals surface area contributed by atoms with Crippen LogP contribution in [0.1, 0.15) is 37.7 Å². The largest absolute Gasteiger partial charge is 0.497 e. The van der Waals surface area contributed by atoms with Crippen molar-refractivity contribution in [2.24, 2.45) is 5.92 Å². The maximum atomic E-state index is 12.6. The number of nitrogens with zero attached hydrogens (tertiary/aromatic N) is 1. The first-order valence-electron chi connectivity index (χ1n) is 8.43. The fourth-order valence-electron chi connectivity index (χ4n) is 3.89. The molecule has 2 fully saturated rings. The van der Waals surface area contributed by atoms with Crippen molar-refractivity contribution in [3.8, 4) is 11.5 Å². The molecule has 0 spiro atoms. The van der Waals surface area contributed by atoms with E-state index in [-0.39, 0.29) is 5.91 Å². The van der Waals surface area contributed by atoms with Gasteiger partial charge in [-0.25, -0.2) is 0 Å². The number of benzene rings is 1. The first-order chi connectivity index (χ1) is 11.2. The molecule has 0 radical (unpaired) electrons. The molecule has 1 saturated carbocycles. The van der Waals surface area contributed by atoms with Gasteiger partial charge in [0, 0.05) is 30.3 Å². The minimum absolute atomic E-state index is 0.122. The Kier molecular flexibility index (Phi) is 4.89. The summed E-state index contributed by atoms with van der Waals surface area (Å²) in [5.41, 5.74) is 0.890. The van der Waals surface area contributed by atoms with Gasteiger partial charge in [0.1, 0.15) is 11.5 Å². The lowest BCUT2D eigenvalue weighted by molar-refractivity contribution is -0.127. The number of amides is 1. The number of hydrogen-bond acceptors (Lipinski definition) is 3. The molecule has 1 amide bonds. The summed E-state index contributed by atoms with van der Waals surface area (Å²) in [5, 5.41) is 0. The molecular formula is C19H25NO3. The van der Waals surface area contributed by atoms with Gasteiger partial charge in [0.15, 0.2) is 0 Å². The molecule has 4 nitrogen and oxygen atoms in total. The van der Waals surface area contributed by atoms with Crippen molar-refractivity contribution in [1.82, 2.24) is 4.90 Å². The van der Waals surface area contributed by atoms with Gasteiger partial charge < -0.3 is 14.4 Å². The third kappa shape index (κ3) is 3.36. The molecule has 1 aromatic rings. The van der Waals surface area contributed by atoms with Crippen LogP contribution in [-0.4, -0.2) is 37.6 Å². The predicted octanol–water partition coefficient (Wildman–Crippen LogP) is 3.51. The number of ether oxygens (including phenoxy) is 2. The molecule has 0 aromatic heterocycles. The molecule has 1 saturated heterocycles. The average Bonchev–Trinajstić information content (AvgIpc) is 3.03. The van der Waals surface area contributed by atoms with Gasteiger partial charge >= 0.3 is 0 Å². The number of carbonyl (C=O) groups excluding carboxylic acids is 1. The lowest BCUT2D eigenvalue weighted by Gasteiger charge is -2.31. The molecule has 124 valence electrons. The molecule has 4 heteroatoms. The number of methoxy groups -OCH3 is 2. The van der Waals surface area contributed by atoms with Crippen LogP contribution in [0.2, 0.25) is 0 Å². The summed E-state index contributed by atoms with van der Waals surface area (Å²) >= 11 is 0. The van der Waals surface area contributed by atoms with Crippen molar-refractivity contribution in [3.05, 3.63) is 29.8 Å². The number of carbonyl (C=O) groups is 1. The van der Waals surface area contributed by atoms with E-state index in [4.69, 9.17) is 9.47 Å². The standard InChI is InChI=1S/C19H25NO3/c1-22-16-9-7-15(18(13-16)23-2)8-10-19(21)20-12-11-14-5-3-4-6-17(14)20/h7-10,13-14,17H,3-6,11-12H2,1-2H3/b10-8+. The van der Waals surface area contributed by atoms with Gasteiger partial charge in [-0.3, -0.25) is 4.79 Å². The summed E-state index contributed by atoms with van der Waals surface area (Å²) in [7, 11) is 3.25. The van der Waals surface area contributed by atoms with Gasteiger partial charge in [-0.1, -0.05) is 12.8 Å². The summed E-state index contributed by atoms with van der Waals surface area (Å²) in [6, 6.07) is 6.07. The Balaban J connectivity index is 1.71. The highest BCUT2D eigenvalue weighted by atomic mass is 16.5. The van der Waals surface area contributed by atoms with Crippen LogP contribution in [0.15, 0.2) is 24.3 Å². The van der Waals surface area contributed by atoms with Gasteiger partial charge in [-0.2, -0.15) is 0 Å². The molecule has 2 aliphatic rings. The van der Waals surface area contributed by atoms with Crippen LogP contribution < -0.4 is 9.47 Å². The second kappa shape index (κ2) is 7.07. The van der Waals surface area contributed by atoms with Crippen molar-refractivity contribution in [2.45, 2.75) is 38.1 Å². The normalized spacial score (nSPS) is 23.8. The Hall–Kier alpha value is -1.97. The van der Waals surface area contributed by atoms with Crippen molar-refractivity contribution < 1.29 is 14.3 Å². The van der Waals surface area contributed by atoms with E-state index in [1.165, 1.54) is 19.3 Å². The van der Waals surface area contributed by atoms with Crippen molar-refractivity contribution in [3.63, 3.8) is 0 Å². The highest BCUT2D eigenvalue weighted by Crippen LogP contribution is 2.36. The summed E-state index contributed by atoms with van der Waals surface area (Å²) in [4.78, 5) is 14.6. The van der Waals surface area contributed by atoms with E-state index < -0.39 is 0 Å². The number of fused-ring (bicyclic) bond motifs is 1. The Morgan fingerprint density at radius 2 is 2.00 bits per heavy atom. The zero-order chi connectivity index (χ0) is 16.2. The maximum Gasteiger partial charge on any atom is 0.246 e. The molecular weight excluding hydrogens is 290 g/mol. The molecule has 23 heavy (non-hydrogen) atoms. The Labute approximate surface area is 138 Å². The number of rotatable bonds is 4. The molecule has 0 bridgehead atoms. The first-order valence-corrected chi connectivity index (χ1v) is 8.43. The fourth-order valence-corrected chi connectivity index (χ4v) is 3.89. The lowest BCUT2D eigenvalue weighted by atomic mass is 9.85. The fraction of sp³-hybridized carbons (Fsp3) is 0.526. The molecule has 2 unspecified atom stereocenters. The predicted molar refractivity (Wildman–Crippen MR) is 90.7 cm³/mol. The van der Waals surface area contributed by atoms with Crippen LogP contribution in [0, 0.1) is 5.92 Å². The second-order valence-corrected chi connectivity index (χ2v) is 6.37. The smallest absolute Gasteiger partial charge is 0.246 e. The molecule has 1 aliphatic heterocycles. The summed E-state index contributed by atoms with van der Waals surface area (Å²) in [6.07, 6.45) is 9.71. The highest BCUT2D eigenvalue weighted by molar-refractivity contribution is 5.92. The van der Waals surface area contributed by atoms with Gasteiger partial charge in [-0.15, -0.1) is 0 Å². The summed E-state index contributed by atoms with van der Waals surface area (Å²) in [5.74, 6) is 2.30. The van der Waals surface area contributed by atoms with Crippen molar-refractivity contribution >= 4 is 12.0 Å². The first kappa shape index (κ1) is 15.9. The van der Waals surface area contributed by atoms with E-state index in [2.05, 4.69) is 4.90 Å². The van der Waals surface area contributed by atoms with Gasteiger partial charge in [-0.05, 0) is 43.4 Å².